The Morgan fingerprint density at radius 3 is 2.53 bits per heavy atom. The molecule has 1 aliphatic rings. The highest BCUT2D eigenvalue weighted by atomic mass is 15.0. The van der Waals surface area contributed by atoms with Crippen molar-refractivity contribution in [3.63, 3.8) is 0 Å². The average Bonchev–Trinajstić information content (AvgIpc) is 2.53. The van der Waals surface area contributed by atoms with Gasteiger partial charge in [-0.05, 0) is 31.6 Å². The van der Waals surface area contributed by atoms with Gasteiger partial charge in [-0.15, -0.1) is 0 Å². The fourth-order valence-electron chi connectivity index (χ4n) is 2.29. The molecule has 0 radical (unpaired) electrons. The van der Waals surface area contributed by atoms with Crippen LogP contribution in [0.15, 0.2) is 12.4 Å². The molecule has 82 valence electrons. The molecule has 3 atom stereocenters. The summed E-state index contributed by atoms with van der Waals surface area (Å²) in [5.74, 6) is 2.49. The molecule has 1 N–H and O–H groups in total. The Hall–Kier alpha value is -1.12. The lowest BCUT2D eigenvalue weighted by molar-refractivity contribution is 0.435. The van der Waals surface area contributed by atoms with Gasteiger partial charge in [-0.1, -0.05) is 13.8 Å². The normalized spacial score (nSPS) is 30.5. The molecule has 1 fully saturated rings. The summed E-state index contributed by atoms with van der Waals surface area (Å²) in [6.45, 7) is 6.65. The van der Waals surface area contributed by atoms with Gasteiger partial charge >= 0.3 is 0 Å². The highest BCUT2D eigenvalue weighted by Gasteiger charge is 2.29. The standard InChI is InChI=1S/C12H19N3/c1-8-4-5-11(9(8)2)15-12-10(3)13-6-7-14-12/h6-9,11H,4-5H2,1-3H3,(H,14,15). The van der Waals surface area contributed by atoms with Crippen molar-refractivity contribution >= 4 is 5.82 Å². The highest BCUT2D eigenvalue weighted by molar-refractivity contribution is 5.39. The highest BCUT2D eigenvalue weighted by Crippen LogP contribution is 2.33. The molecular formula is C12H19N3. The predicted molar refractivity (Wildman–Crippen MR) is 61.7 cm³/mol. The van der Waals surface area contributed by atoms with E-state index >= 15 is 0 Å². The number of nitrogens with one attached hydrogen (secondary N) is 1. The van der Waals surface area contributed by atoms with Crippen LogP contribution < -0.4 is 5.32 Å². The summed E-state index contributed by atoms with van der Waals surface area (Å²) < 4.78 is 0. The topological polar surface area (TPSA) is 37.8 Å². The van der Waals surface area contributed by atoms with Crippen molar-refractivity contribution < 1.29 is 0 Å². The molecule has 0 aromatic carbocycles. The summed E-state index contributed by atoms with van der Waals surface area (Å²) in [5, 5.41) is 3.52. The van der Waals surface area contributed by atoms with Crippen LogP contribution in [0.3, 0.4) is 0 Å². The number of hydrogen-bond donors (Lipinski definition) is 1. The fourth-order valence-corrected chi connectivity index (χ4v) is 2.29. The van der Waals surface area contributed by atoms with Crippen molar-refractivity contribution in [1.82, 2.24) is 9.97 Å². The predicted octanol–water partition coefficient (Wildman–Crippen LogP) is 2.63. The molecule has 3 unspecified atom stereocenters. The van der Waals surface area contributed by atoms with Gasteiger partial charge in [0.1, 0.15) is 5.82 Å². The molecule has 1 aliphatic carbocycles. The first kappa shape index (κ1) is 10.4. The van der Waals surface area contributed by atoms with Gasteiger partial charge in [-0.3, -0.25) is 4.98 Å². The van der Waals surface area contributed by atoms with E-state index in [9.17, 15) is 0 Å². The SMILES string of the molecule is Cc1nccnc1NC1CCC(C)C1C. The quantitative estimate of drug-likeness (QED) is 0.806. The number of hydrogen-bond acceptors (Lipinski definition) is 3. The molecule has 1 aromatic rings. The zero-order valence-corrected chi connectivity index (χ0v) is 9.70. The molecule has 3 nitrogen and oxygen atoms in total. The minimum atomic E-state index is 0.565. The van der Waals surface area contributed by atoms with E-state index in [4.69, 9.17) is 0 Å². The summed E-state index contributed by atoms with van der Waals surface area (Å²) in [6.07, 6.45) is 6.05. The van der Waals surface area contributed by atoms with Crippen LogP contribution in [0.4, 0.5) is 5.82 Å². The lowest BCUT2D eigenvalue weighted by Gasteiger charge is -2.20. The maximum Gasteiger partial charge on any atom is 0.147 e. The second-order valence-electron chi connectivity index (χ2n) is 4.65. The van der Waals surface area contributed by atoms with Crippen LogP contribution in [0.5, 0.6) is 0 Å². The maximum absolute atomic E-state index is 4.33. The minimum absolute atomic E-state index is 0.565. The van der Waals surface area contributed by atoms with E-state index in [1.165, 1.54) is 12.8 Å². The van der Waals surface area contributed by atoms with Crippen molar-refractivity contribution in [2.75, 3.05) is 5.32 Å². The van der Waals surface area contributed by atoms with Crippen molar-refractivity contribution in [1.29, 1.82) is 0 Å². The molecule has 0 bridgehead atoms. The maximum atomic E-state index is 4.33. The van der Waals surface area contributed by atoms with Gasteiger partial charge in [0, 0.05) is 18.4 Å². The van der Waals surface area contributed by atoms with Crippen LogP contribution >= 0.6 is 0 Å². The Kier molecular flexibility index (Phi) is 2.89. The number of aryl methyl sites for hydroxylation is 1. The zero-order valence-electron chi connectivity index (χ0n) is 9.70. The van der Waals surface area contributed by atoms with Crippen LogP contribution in [0.2, 0.25) is 0 Å². The summed E-state index contributed by atoms with van der Waals surface area (Å²) in [4.78, 5) is 8.57. The number of nitrogens with zero attached hydrogens (tertiary/aromatic N) is 2. The van der Waals surface area contributed by atoms with Gasteiger partial charge in [0.2, 0.25) is 0 Å². The van der Waals surface area contributed by atoms with E-state index in [1.807, 2.05) is 6.92 Å². The van der Waals surface area contributed by atoms with Crippen molar-refractivity contribution in [3.05, 3.63) is 18.1 Å². The lowest BCUT2D eigenvalue weighted by Crippen LogP contribution is -2.25. The first-order valence-electron chi connectivity index (χ1n) is 5.72. The molecule has 15 heavy (non-hydrogen) atoms. The van der Waals surface area contributed by atoms with Crippen LogP contribution in [-0.2, 0) is 0 Å². The van der Waals surface area contributed by atoms with Gasteiger partial charge in [-0.25, -0.2) is 4.98 Å². The van der Waals surface area contributed by atoms with E-state index < -0.39 is 0 Å². The molecule has 3 heteroatoms. The third-order valence-corrected chi connectivity index (χ3v) is 3.67. The van der Waals surface area contributed by atoms with Gasteiger partial charge < -0.3 is 5.32 Å². The largest absolute Gasteiger partial charge is 0.366 e. The second-order valence-corrected chi connectivity index (χ2v) is 4.65. The molecule has 0 saturated heterocycles. The van der Waals surface area contributed by atoms with E-state index in [0.717, 1.165) is 23.3 Å². The number of rotatable bonds is 2. The van der Waals surface area contributed by atoms with Gasteiger partial charge in [0.15, 0.2) is 0 Å². The average molecular weight is 205 g/mol. The first-order chi connectivity index (χ1) is 7.18. The third kappa shape index (κ3) is 2.11. The van der Waals surface area contributed by atoms with Crippen LogP contribution in [0.1, 0.15) is 32.4 Å². The third-order valence-electron chi connectivity index (χ3n) is 3.67. The smallest absolute Gasteiger partial charge is 0.147 e. The Balaban J connectivity index is 2.07. The Bertz CT molecular complexity index is 337. The van der Waals surface area contributed by atoms with Crippen LogP contribution in [-0.4, -0.2) is 16.0 Å². The first-order valence-corrected chi connectivity index (χ1v) is 5.72. The summed E-state index contributed by atoms with van der Waals surface area (Å²) in [6, 6.07) is 0.565. The van der Waals surface area contributed by atoms with Crippen molar-refractivity contribution in [2.45, 2.75) is 39.7 Å². The van der Waals surface area contributed by atoms with Crippen molar-refractivity contribution in [2.24, 2.45) is 11.8 Å². The molecule has 0 spiro atoms. The minimum Gasteiger partial charge on any atom is -0.366 e. The van der Waals surface area contributed by atoms with E-state index in [0.29, 0.717) is 6.04 Å². The van der Waals surface area contributed by atoms with Gasteiger partial charge in [0.25, 0.3) is 0 Å². The fraction of sp³-hybridized carbons (Fsp3) is 0.667. The monoisotopic (exact) mass is 205 g/mol. The molecule has 1 heterocycles. The summed E-state index contributed by atoms with van der Waals surface area (Å²) in [7, 11) is 0. The molecule has 0 amide bonds. The summed E-state index contributed by atoms with van der Waals surface area (Å²) in [5.41, 5.74) is 0.990. The molecular weight excluding hydrogens is 186 g/mol. The van der Waals surface area contributed by atoms with Gasteiger partial charge in [-0.2, -0.15) is 0 Å². The number of anilines is 1. The van der Waals surface area contributed by atoms with Crippen LogP contribution in [0.25, 0.3) is 0 Å². The van der Waals surface area contributed by atoms with E-state index in [1.54, 1.807) is 12.4 Å². The molecule has 0 aliphatic heterocycles. The molecule has 1 saturated carbocycles. The van der Waals surface area contributed by atoms with E-state index in [2.05, 4.69) is 29.1 Å². The van der Waals surface area contributed by atoms with Crippen LogP contribution in [0, 0.1) is 18.8 Å². The summed E-state index contributed by atoms with van der Waals surface area (Å²) >= 11 is 0. The van der Waals surface area contributed by atoms with Crippen molar-refractivity contribution in [3.8, 4) is 0 Å². The molecule has 1 aromatic heterocycles. The zero-order chi connectivity index (χ0) is 10.8. The second kappa shape index (κ2) is 4.17. The number of aromatic nitrogens is 2. The van der Waals surface area contributed by atoms with E-state index in [-0.39, 0.29) is 0 Å². The molecule has 2 rings (SSSR count). The lowest BCUT2D eigenvalue weighted by atomic mass is 9.98. The van der Waals surface area contributed by atoms with Gasteiger partial charge in [0.05, 0.1) is 5.69 Å². The Morgan fingerprint density at radius 1 is 1.20 bits per heavy atom. The Morgan fingerprint density at radius 2 is 1.93 bits per heavy atom. The Labute approximate surface area is 91.3 Å².